The van der Waals surface area contributed by atoms with E-state index in [-0.39, 0.29) is 11.8 Å². The predicted molar refractivity (Wildman–Crippen MR) is 84.9 cm³/mol. The van der Waals surface area contributed by atoms with Crippen LogP contribution in [0.4, 0.5) is 5.69 Å². The predicted octanol–water partition coefficient (Wildman–Crippen LogP) is 3.40. The quantitative estimate of drug-likeness (QED) is 0.924. The van der Waals surface area contributed by atoms with E-state index in [0.29, 0.717) is 28.6 Å². The molecule has 4 nitrogen and oxygen atoms in total. The van der Waals surface area contributed by atoms with E-state index < -0.39 is 11.6 Å². The Morgan fingerprint density at radius 1 is 1.19 bits per heavy atom. The average molecular weight is 329 g/mol. The highest BCUT2D eigenvalue weighted by molar-refractivity contribution is 6.35. The molecule has 2 atom stereocenters. The van der Waals surface area contributed by atoms with Gasteiger partial charge in [-0.1, -0.05) is 37.0 Å². The molecule has 2 unspecified atom stereocenters. The molecule has 1 aliphatic heterocycles. The highest BCUT2D eigenvalue weighted by atomic mass is 35.5. The Bertz CT molecular complexity index is 571. The summed E-state index contributed by atoms with van der Waals surface area (Å²) in [6.45, 7) is 5.47. The number of benzene rings is 1. The van der Waals surface area contributed by atoms with E-state index >= 15 is 0 Å². The molecule has 0 aliphatic carbocycles. The van der Waals surface area contributed by atoms with Crippen molar-refractivity contribution in [3.8, 4) is 0 Å². The highest BCUT2D eigenvalue weighted by Crippen LogP contribution is 2.32. The maximum absolute atomic E-state index is 12.8. The van der Waals surface area contributed by atoms with Crippen LogP contribution in [0, 0.1) is 0 Å². The minimum atomic E-state index is -0.905. The van der Waals surface area contributed by atoms with Crippen LogP contribution in [0.1, 0.15) is 33.6 Å². The molecule has 0 spiro atoms. The number of hydrogen-bond acceptors (Lipinski definition) is 2. The topological polar surface area (TPSA) is 49.4 Å². The number of amides is 2. The first-order chi connectivity index (χ1) is 9.82. The van der Waals surface area contributed by atoms with Crippen molar-refractivity contribution in [2.45, 2.75) is 45.2 Å². The van der Waals surface area contributed by atoms with Gasteiger partial charge in [0.1, 0.15) is 11.6 Å². The summed E-state index contributed by atoms with van der Waals surface area (Å²) >= 11 is 12.1. The number of carbonyl (C=O) groups excluding carboxylic acids is 2. The van der Waals surface area contributed by atoms with Crippen LogP contribution in [-0.2, 0) is 9.59 Å². The van der Waals surface area contributed by atoms with Gasteiger partial charge >= 0.3 is 0 Å². The van der Waals surface area contributed by atoms with Gasteiger partial charge in [0.2, 0.25) is 5.91 Å². The van der Waals surface area contributed by atoms with Crippen molar-refractivity contribution in [2.24, 2.45) is 0 Å². The maximum atomic E-state index is 12.8. The average Bonchev–Trinajstić information content (AvgIpc) is 2.41. The van der Waals surface area contributed by atoms with Crippen molar-refractivity contribution in [1.29, 1.82) is 0 Å². The smallest absolute Gasteiger partial charge is 0.253 e. The fraction of sp³-hybridized carbons (Fsp3) is 0.467. The van der Waals surface area contributed by atoms with Gasteiger partial charge in [0.05, 0.1) is 0 Å². The Balaban J connectivity index is 2.54. The van der Waals surface area contributed by atoms with Crippen LogP contribution in [0.15, 0.2) is 18.2 Å². The summed E-state index contributed by atoms with van der Waals surface area (Å²) in [5.74, 6) is -0.299. The molecule has 1 aromatic carbocycles. The van der Waals surface area contributed by atoms with Crippen molar-refractivity contribution >= 4 is 40.7 Å². The second kappa shape index (κ2) is 5.85. The zero-order valence-corrected chi connectivity index (χ0v) is 13.8. The molecule has 1 heterocycles. The lowest BCUT2D eigenvalue weighted by molar-refractivity contribution is -0.138. The standard InChI is InChI=1S/C15H18Cl2N2O2/c1-4-12-13(20)18-15(3,5-2)14(21)19(12)11-7-9(16)6-10(17)8-11/h6-8,12H,4-5H2,1-3H3,(H,18,20). The van der Waals surface area contributed by atoms with Crippen molar-refractivity contribution in [3.63, 3.8) is 0 Å². The summed E-state index contributed by atoms with van der Waals surface area (Å²) in [6, 6.07) is 4.36. The molecule has 2 amide bonds. The number of nitrogens with zero attached hydrogens (tertiary/aromatic N) is 1. The molecule has 2 rings (SSSR count). The van der Waals surface area contributed by atoms with Crippen molar-refractivity contribution in [3.05, 3.63) is 28.2 Å². The Labute approximate surface area is 134 Å². The molecule has 6 heteroatoms. The van der Waals surface area contributed by atoms with Crippen LogP contribution in [0.5, 0.6) is 0 Å². The van der Waals surface area contributed by atoms with Crippen molar-refractivity contribution < 1.29 is 9.59 Å². The minimum Gasteiger partial charge on any atom is -0.340 e. The van der Waals surface area contributed by atoms with Gasteiger partial charge < -0.3 is 5.32 Å². The number of halogens is 2. The monoisotopic (exact) mass is 328 g/mol. The highest BCUT2D eigenvalue weighted by Gasteiger charge is 2.47. The summed E-state index contributed by atoms with van der Waals surface area (Å²) in [7, 11) is 0. The van der Waals surface area contributed by atoms with Gasteiger partial charge in [-0.3, -0.25) is 14.5 Å². The minimum absolute atomic E-state index is 0.144. The van der Waals surface area contributed by atoms with Gasteiger partial charge in [-0.05, 0) is 38.0 Å². The number of hydrogen-bond donors (Lipinski definition) is 1. The van der Waals surface area contributed by atoms with Crippen LogP contribution < -0.4 is 10.2 Å². The Kier molecular flexibility index (Phi) is 4.49. The number of nitrogens with one attached hydrogen (secondary N) is 1. The third-order valence-corrected chi connectivity index (χ3v) is 4.36. The van der Waals surface area contributed by atoms with Gasteiger partial charge in [0.15, 0.2) is 0 Å². The van der Waals surface area contributed by atoms with E-state index in [1.165, 1.54) is 4.90 Å². The lowest BCUT2D eigenvalue weighted by Crippen LogP contribution is -2.69. The molecule has 1 saturated heterocycles. The largest absolute Gasteiger partial charge is 0.340 e. The molecule has 21 heavy (non-hydrogen) atoms. The summed E-state index contributed by atoms with van der Waals surface area (Å²) in [5, 5.41) is 3.70. The van der Waals surface area contributed by atoms with Gasteiger partial charge in [0, 0.05) is 15.7 Å². The van der Waals surface area contributed by atoms with E-state index in [2.05, 4.69) is 5.32 Å². The fourth-order valence-corrected chi connectivity index (χ4v) is 3.03. The van der Waals surface area contributed by atoms with E-state index in [4.69, 9.17) is 23.2 Å². The first kappa shape index (κ1) is 16.1. The molecular formula is C15H18Cl2N2O2. The Morgan fingerprint density at radius 3 is 2.24 bits per heavy atom. The van der Waals surface area contributed by atoms with Crippen LogP contribution in [-0.4, -0.2) is 23.4 Å². The molecule has 0 bridgehead atoms. The normalized spacial score (nSPS) is 26.0. The molecule has 0 aromatic heterocycles. The zero-order valence-electron chi connectivity index (χ0n) is 12.2. The van der Waals surface area contributed by atoms with Crippen LogP contribution in [0.3, 0.4) is 0 Å². The van der Waals surface area contributed by atoms with E-state index in [9.17, 15) is 9.59 Å². The molecular weight excluding hydrogens is 311 g/mol. The third-order valence-electron chi connectivity index (χ3n) is 3.92. The van der Waals surface area contributed by atoms with Gasteiger partial charge in [-0.25, -0.2) is 0 Å². The summed E-state index contributed by atoms with van der Waals surface area (Å²) < 4.78 is 0. The Morgan fingerprint density at radius 2 is 1.76 bits per heavy atom. The molecule has 1 aromatic rings. The van der Waals surface area contributed by atoms with Gasteiger partial charge in [-0.2, -0.15) is 0 Å². The maximum Gasteiger partial charge on any atom is 0.253 e. The molecule has 1 fully saturated rings. The zero-order chi connectivity index (χ0) is 15.8. The molecule has 1 aliphatic rings. The molecule has 0 radical (unpaired) electrons. The van der Waals surface area contributed by atoms with Crippen molar-refractivity contribution in [1.82, 2.24) is 5.32 Å². The van der Waals surface area contributed by atoms with Gasteiger partial charge in [0.25, 0.3) is 5.91 Å². The lowest BCUT2D eigenvalue weighted by Gasteiger charge is -2.44. The molecule has 1 N–H and O–H groups in total. The summed E-state index contributed by atoms with van der Waals surface area (Å²) in [5.41, 5.74) is -0.351. The van der Waals surface area contributed by atoms with Crippen LogP contribution in [0.2, 0.25) is 10.0 Å². The number of anilines is 1. The second-order valence-electron chi connectivity index (χ2n) is 5.40. The molecule has 0 saturated carbocycles. The first-order valence-corrected chi connectivity index (χ1v) is 7.69. The van der Waals surface area contributed by atoms with E-state index in [1.54, 1.807) is 25.1 Å². The lowest BCUT2D eigenvalue weighted by atomic mass is 9.90. The number of piperazine rings is 1. The van der Waals surface area contributed by atoms with E-state index in [1.807, 2.05) is 13.8 Å². The van der Waals surface area contributed by atoms with Crippen LogP contribution >= 0.6 is 23.2 Å². The first-order valence-electron chi connectivity index (χ1n) is 6.94. The Hall–Kier alpha value is -1.26. The second-order valence-corrected chi connectivity index (χ2v) is 6.27. The summed E-state index contributed by atoms with van der Waals surface area (Å²) in [4.78, 5) is 26.7. The number of rotatable bonds is 3. The van der Waals surface area contributed by atoms with Gasteiger partial charge in [-0.15, -0.1) is 0 Å². The van der Waals surface area contributed by atoms with Crippen molar-refractivity contribution in [2.75, 3.05) is 4.90 Å². The summed E-state index contributed by atoms with van der Waals surface area (Å²) in [6.07, 6.45) is 1.03. The molecule has 114 valence electrons. The SMILES string of the molecule is CCC1C(=O)NC(C)(CC)C(=O)N1c1cc(Cl)cc(Cl)c1. The fourth-order valence-electron chi connectivity index (χ4n) is 2.52. The van der Waals surface area contributed by atoms with E-state index in [0.717, 1.165) is 0 Å². The van der Waals surface area contributed by atoms with Crippen LogP contribution in [0.25, 0.3) is 0 Å². The third kappa shape index (κ3) is 2.87. The number of carbonyl (C=O) groups is 2.